The molecule has 0 aromatic rings. The molecule has 0 aliphatic heterocycles. The van der Waals surface area contributed by atoms with Gasteiger partial charge in [0.2, 0.25) is 5.91 Å². The van der Waals surface area contributed by atoms with Gasteiger partial charge in [0, 0.05) is 38.8 Å². The van der Waals surface area contributed by atoms with E-state index in [0.29, 0.717) is 13.0 Å². The first-order valence-corrected chi connectivity index (χ1v) is 7.98. The van der Waals surface area contributed by atoms with Gasteiger partial charge in [-0.2, -0.15) is 0 Å². The van der Waals surface area contributed by atoms with E-state index in [1.54, 1.807) is 7.11 Å². The quantitative estimate of drug-likeness (QED) is 0.659. The Bertz CT molecular complexity index is 329. The van der Waals surface area contributed by atoms with Gasteiger partial charge in [0.05, 0.1) is 18.6 Å². The molecule has 124 valence electrons. The van der Waals surface area contributed by atoms with E-state index in [0.717, 1.165) is 25.9 Å². The van der Waals surface area contributed by atoms with Crippen molar-refractivity contribution < 1.29 is 14.3 Å². The second-order valence-corrected chi connectivity index (χ2v) is 6.59. The summed E-state index contributed by atoms with van der Waals surface area (Å²) in [5.41, 5.74) is 5.59. The van der Waals surface area contributed by atoms with Crippen LogP contribution in [0.15, 0.2) is 0 Å². The van der Waals surface area contributed by atoms with E-state index >= 15 is 0 Å². The van der Waals surface area contributed by atoms with E-state index < -0.39 is 0 Å². The maximum Gasteiger partial charge on any atom is 0.225 e. The average molecular weight is 300 g/mol. The molecule has 1 fully saturated rings. The predicted molar refractivity (Wildman–Crippen MR) is 84.1 cm³/mol. The van der Waals surface area contributed by atoms with Crippen molar-refractivity contribution in [1.29, 1.82) is 0 Å². The molecule has 0 spiro atoms. The molecule has 3 atom stereocenters. The highest BCUT2D eigenvalue weighted by Gasteiger charge is 2.51. The third kappa shape index (κ3) is 4.41. The highest BCUT2D eigenvalue weighted by atomic mass is 16.5. The monoisotopic (exact) mass is 300 g/mol. The molecule has 1 rings (SSSR count). The van der Waals surface area contributed by atoms with E-state index in [9.17, 15) is 4.79 Å². The Morgan fingerprint density at radius 3 is 2.62 bits per heavy atom. The Morgan fingerprint density at radius 1 is 1.48 bits per heavy atom. The molecule has 3 unspecified atom stereocenters. The lowest BCUT2D eigenvalue weighted by Crippen LogP contribution is -2.62. The van der Waals surface area contributed by atoms with Crippen LogP contribution in [0, 0.1) is 5.41 Å². The molecule has 0 heterocycles. The molecule has 1 saturated carbocycles. The van der Waals surface area contributed by atoms with Gasteiger partial charge in [0.15, 0.2) is 0 Å². The molecule has 2 N–H and O–H groups in total. The molecule has 0 bridgehead atoms. The minimum absolute atomic E-state index is 0.00341. The fourth-order valence-electron chi connectivity index (χ4n) is 2.95. The van der Waals surface area contributed by atoms with Gasteiger partial charge in [-0.05, 0) is 12.8 Å². The molecule has 0 aromatic heterocycles. The third-order valence-corrected chi connectivity index (χ3v) is 4.80. The van der Waals surface area contributed by atoms with Crippen molar-refractivity contribution >= 4 is 5.91 Å². The van der Waals surface area contributed by atoms with Crippen LogP contribution in [0.4, 0.5) is 0 Å². The lowest BCUT2D eigenvalue weighted by Gasteiger charge is -2.55. The summed E-state index contributed by atoms with van der Waals surface area (Å²) in [6.45, 7) is 7.70. The number of carbonyl (C=O) groups is 1. The van der Waals surface area contributed by atoms with E-state index in [2.05, 4.69) is 20.8 Å². The Hall–Kier alpha value is -0.650. The van der Waals surface area contributed by atoms with Crippen molar-refractivity contribution in [2.24, 2.45) is 11.1 Å². The highest BCUT2D eigenvalue weighted by Crippen LogP contribution is 2.45. The minimum Gasteiger partial charge on any atom is -0.380 e. The summed E-state index contributed by atoms with van der Waals surface area (Å²) in [6.07, 6.45) is 3.55. The van der Waals surface area contributed by atoms with Crippen LogP contribution in [0.1, 0.15) is 46.5 Å². The molecule has 21 heavy (non-hydrogen) atoms. The Balaban J connectivity index is 2.49. The van der Waals surface area contributed by atoms with Crippen molar-refractivity contribution in [1.82, 2.24) is 4.90 Å². The Labute approximate surface area is 129 Å². The third-order valence-electron chi connectivity index (χ3n) is 4.80. The maximum absolute atomic E-state index is 12.3. The molecule has 0 radical (unpaired) electrons. The summed E-state index contributed by atoms with van der Waals surface area (Å²) in [7, 11) is 3.47. The molecule has 1 amide bonds. The van der Waals surface area contributed by atoms with Crippen LogP contribution in [-0.2, 0) is 14.3 Å². The summed E-state index contributed by atoms with van der Waals surface area (Å²) in [5.74, 6) is 0.0948. The van der Waals surface area contributed by atoms with Crippen molar-refractivity contribution in [2.45, 2.75) is 64.7 Å². The van der Waals surface area contributed by atoms with E-state index in [1.165, 1.54) is 0 Å². The van der Waals surface area contributed by atoms with Gasteiger partial charge < -0.3 is 20.1 Å². The second-order valence-electron chi connectivity index (χ2n) is 6.59. The number of nitrogens with two attached hydrogens (primary N) is 1. The van der Waals surface area contributed by atoms with Crippen LogP contribution >= 0.6 is 0 Å². The first-order chi connectivity index (χ1) is 9.88. The normalized spacial score (nSPS) is 25.2. The fraction of sp³-hybridized carbons (Fsp3) is 0.938. The fourth-order valence-corrected chi connectivity index (χ4v) is 2.95. The van der Waals surface area contributed by atoms with Crippen LogP contribution in [-0.4, -0.2) is 56.4 Å². The van der Waals surface area contributed by atoms with Crippen molar-refractivity contribution in [3.63, 3.8) is 0 Å². The maximum atomic E-state index is 12.3. The molecule has 1 aliphatic rings. The van der Waals surface area contributed by atoms with Crippen molar-refractivity contribution in [3.8, 4) is 0 Å². The van der Waals surface area contributed by atoms with E-state index in [-0.39, 0.29) is 29.6 Å². The zero-order chi connectivity index (χ0) is 16.0. The lowest BCUT2D eigenvalue weighted by molar-refractivity contribution is -0.166. The zero-order valence-electron chi connectivity index (χ0n) is 14.2. The number of methoxy groups -OCH3 is 1. The molecule has 5 heteroatoms. The average Bonchev–Trinajstić information content (AvgIpc) is 2.46. The number of ether oxygens (including phenoxy) is 2. The molecular weight excluding hydrogens is 268 g/mol. The SMILES string of the molecule is CCCCOC1CC(N(C)C(=O)CC(CN)OC)C1(C)C. The van der Waals surface area contributed by atoms with E-state index in [1.807, 2.05) is 11.9 Å². The van der Waals surface area contributed by atoms with Crippen LogP contribution in [0.25, 0.3) is 0 Å². The molecule has 5 nitrogen and oxygen atoms in total. The number of amides is 1. The van der Waals surface area contributed by atoms with Crippen molar-refractivity contribution in [3.05, 3.63) is 0 Å². The number of rotatable bonds is 9. The Kier molecular flexibility index (Phi) is 7.10. The smallest absolute Gasteiger partial charge is 0.225 e. The number of hydrogen-bond donors (Lipinski definition) is 1. The number of hydrogen-bond acceptors (Lipinski definition) is 4. The molecular formula is C16H32N2O3. The molecule has 0 saturated heterocycles. The van der Waals surface area contributed by atoms with Gasteiger partial charge >= 0.3 is 0 Å². The van der Waals surface area contributed by atoms with Crippen LogP contribution in [0.5, 0.6) is 0 Å². The topological polar surface area (TPSA) is 64.8 Å². The highest BCUT2D eigenvalue weighted by molar-refractivity contribution is 5.77. The number of carbonyl (C=O) groups excluding carboxylic acids is 1. The first kappa shape index (κ1) is 18.4. The van der Waals surface area contributed by atoms with Gasteiger partial charge in [-0.1, -0.05) is 27.2 Å². The van der Waals surface area contributed by atoms with E-state index in [4.69, 9.17) is 15.2 Å². The van der Waals surface area contributed by atoms with Crippen LogP contribution < -0.4 is 5.73 Å². The zero-order valence-corrected chi connectivity index (χ0v) is 14.2. The van der Waals surface area contributed by atoms with Crippen molar-refractivity contribution in [2.75, 3.05) is 27.3 Å². The summed E-state index contributed by atoms with van der Waals surface area (Å²) < 4.78 is 11.1. The molecule has 0 aromatic carbocycles. The summed E-state index contributed by atoms with van der Waals surface area (Å²) in [5, 5.41) is 0. The lowest BCUT2D eigenvalue weighted by atomic mass is 9.63. The predicted octanol–water partition coefficient (Wildman–Crippen LogP) is 1.79. The van der Waals surface area contributed by atoms with Gasteiger partial charge in [-0.15, -0.1) is 0 Å². The van der Waals surface area contributed by atoms with Gasteiger partial charge in [-0.3, -0.25) is 4.79 Å². The number of nitrogens with zero attached hydrogens (tertiary/aromatic N) is 1. The van der Waals surface area contributed by atoms with Gasteiger partial charge in [0.25, 0.3) is 0 Å². The summed E-state index contributed by atoms with van der Waals surface area (Å²) in [6, 6.07) is 0.229. The van der Waals surface area contributed by atoms with Gasteiger partial charge in [-0.25, -0.2) is 0 Å². The minimum atomic E-state index is -0.195. The second kappa shape index (κ2) is 8.11. The molecule has 1 aliphatic carbocycles. The Morgan fingerprint density at radius 2 is 2.14 bits per heavy atom. The van der Waals surface area contributed by atoms with Crippen LogP contribution in [0.3, 0.4) is 0 Å². The summed E-state index contributed by atoms with van der Waals surface area (Å²) >= 11 is 0. The summed E-state index contributed by atoms with van der Waals surface area (Å²) in [4.78, 5) is 14.2. The first-order valence-electron chi connectivity index (χ1n) is 7.98. The van der Waals surface area contributed by atoms with Gasteiger partial charge in [0.1, 0.15) is 0 Å². The largest absolute Gasteiger partial charge is 0.380 e. The number of unbranched alkanes of at least 4 members (excludes halogenated alkanes) is 1. The van der Waals surface area contributed by atoms with Crippen LogP contribution in [0.2, 0.25) is 0 Å². The standard InChI is InChI=1S/C16H32N2O3/c1-6-7-8-21-14-10-13(16(14,2)3)18(4)15(19)9-12(11-17)20-5/h12-14H,6-11,17H2,1-5H3.